The normalized spacial score (nSPS) is 29.1. The van der Waals surface area contributed by atoms with E-state index in [4.69, 9.17) is 16.3 Å². The van der Waals surface area contributed by atoms with Crippen molar-refractivity contribution >= 4 is 29.2 Å². The number of hydrogen-bond acceptors (Lipinski definition) is 4. The van der Waals surface area contributed by atoms with Crippen molar-refractivity contribution in [2.75, 3.05) is 4.90 Å². The molecule has 2 aromatic rings. The molecule has 4 heterocycles. The number of rotatable bonds is 3. The Bertz CT molecular complexity index is 947. The quantitative estimate of drug-likeness (QED) is 0.757. The Labute approximate surface area is 159 Å². The summed E-state index contributed by atoms with van der Waals surface area (Å²) in [5.41, 5.74) is 1.49. The first-order valence-electron chi connectivity index (χ1n) is 8.95. The number of aromatic nitrogens is 2. The van der Waals surface area contributed by atoms with E-state index < -0.39 is 5.82 Å². The highest BCUT2D eigenvalue weighted by atomic mass is 35.5. The minimum atomic E-state index is -0.404. The van der Waals surface area contributed by atoms with Crippen LogP contribution in [0.2, 0.25) is 5.02 Å². The van der Waals surface area contributed by atoms with E-state index in [-0.39, 0.29) is 35.9 Å². The van der Waals surface area contributed by atoms with Crippen LogP contribution in [0, 0.1) is 24.6 Å². The molecule has 0 unspecified atom stereocenters. The Balaban J connectivity index is 1.44. The molecule has 0 spiro atoms. The fourth-order valence-electron chi connectivity index (χ4n) is 4.51. The van der Waals surface area contributed by atoms with Crippen LogP contribution in [-0.4, -0.2) is 33.8 Å². The number of benzene rings is 1. The maximum Gasteiger partial charge on any atom is 0.241 e. The zero-order valence-corrected chi connectivity index (χ0v) is 15.3. The third-order valence-corrected chi connectivity index (χ3v) is 6.17. The first-order chi connectivity index (χ1) is 12.9. The van der Waals surface area contributed by atoms with Crippen LogP contribution in [0.4, 0.5) is 10.2 Å². The van der Waals surface area contributed by atoms with Gasteiger partial charge in [0.15, 0.2) is 5.82 Å². The fraction of sp³-hybridized carbons (Fsp3) is 0.421. The SMILES string of the molecule is Cc1cc(N2C(=O)[C@@H]3[C@@H](C2=O)[C@H]2CC[C@H]3O2)nn1Cc1ccc(F)cc1Cl. The van der Waals surface area contributed by atoms with Crippen molar-refractivity contribution in [3.8, 4) is 0 Å². The van der Waals surface area contributed by atoms with Crippen molar-refractivity contribution in [3.05, 3.63) is 46.4 Å². The molecule has 2 bridgehead atoms. The molecular formula is C19H17ClFN3O3. The lowest BCUT2D eigenvalue weighted by atomic mass is 9.81. The van der Waals surface area contributed by atoms with Crippen LogP contribution in [0.1, 0.15) is 24.1 Å². The van der Waals surface area contributed by atoms with Crippen molar-refractivity contribution < 1.29 is 18.7 Å². The molecule has 1 aromatic heterocycles. The van der Waals surface area contributed by atoms with Gasteiger partial charge < -0.3 is 4.74 Å². The number of hydrogen-bond donors (Lipinski definition) is 0. The van der Waals surface area contributed by atoms with E-state index in [0.29, 0.717) is 22.9 Å². The minimum Gasteiger partial charge on any atom is -0.373 e. The Morgan fingerprint density at radius 1 is 1.19 bits per heavy atom. The molecule has 3 aliphatic heterocycles. The summed E-state index contributed by atoms with van der Waals surface area (Å²) in [4.78, 5) is 26.9. The molecule has 0 N–H and O–H groups in total. The number of halogens is 2. The van der Waals surface area contributed by atoms with E-state index in [1.54, 1.807) is 16.8 Å². The van der Waals surface area contributed by atoms with Crippen molar-refractivity contribution in [1.29, 1.82) is 0 Å². The molecule has 0 saturated carbocycles. The summed E-state index contributed by atoms with van der Waals surface area (Å²) in [6, 6.07) is 5.91. The molecule has 0 radical (unpaired) electrons. The average molecular weight is 390 g/mol. The number of anilines is 1. The molecule has 3 saturated heterocycles. The van der Waals surface area contributed by atoms with Crippen LogP contribution in [0.5, 0.6) is 0 Å². The van der Waals surface area contributed by atoms with Crippen molar-refractivity contribution in [2.45, 2.75) is 38.5 Å². The van der Waals surface area contributed by atoms with Gasteiger partial charge in [0, 0.05) is 16.8 Å². The molecule has 6 nitrogen and oxygen atoms in total. The van der Waals surface area contributed by atoms with Crippen LogP contribution in [0.3, 0.4) is 0 Å². The second-order valence-corrected chi connectivity index (χ2v) is 7.80. The molecule has 3 fully saturated rings. The predicted molar refractivity (Wildman–Crippen MR) is 94.8 cm³/mol. The minimum absolute atomic E-state index is 0.150. The van der Waals surface area contributed by atoms with Crippen LogP contribution >= 0.6 is 11.6 Å². The molecule has 5 rings (SSSR count). The lowest BCUT2D eigenvalue weighted by molar-refractivity contribution is -0.124. The molecular weight excluding hydrogens is 373 g/mol. The maximum absolute atomic E-state index is 13.2. The van der Waals surface area contributed by atoms with E-state index in [1.807, 2.05) is 6.92 Å². The van der Waals surface area contributed by atoms with E-state index in [1.165, 1.54) is 17.0 Å². The van der Waals surface area contributed by atoms with E-state index in [0.717, 1.165) is 18.5 Å². The molecule has 0 aliphatic carbocycles. The summed E-state index contributed by atoms with van der Waals surface area (Å²) < 4.78 is 20.7. The molecule has 4 atom stereocenters. The second-order valence-electron chi connectivity index (χ2n) is 7.39. The Morgan fingerprint density at radius 3 is 2.48 bits per heavy atom. The van der Waals surface area contributed by atoms with Crippen LogP contribution in [0.15, 0.2) is 24.3 Å². The Kier molecular flexibility index (Phi) is 3.67. The number of carbonyl (C=O) groups excluding carboxylic acids is 2. The van der Waals surface area contributed by atoms with Gasteiger partial charge in [-0.1, -0.05) is 17.7 Å². The van der Waals surface area contributed by atoms with Crippen molar-refractivity contribution in [2.24, 2.45) is 11.8 Å². The summed E-state index contributed by atoms with van der Waals surface area (Å²) in [6.07, 6.45) is 1.36. The zero-order valence-electron chi connectivity index (χ0n) is 14.6. The van der Waals surface area contributed by atoms with Gasteiger partial charge in [-0.3, -0.25) is 14.3 Å². The topological polar surface area (TPSA) is 64.4 Å². The van der Waals surface area contributed by atoms with Crippen molar-refractivity contribution in [3.63, 3.8) is 0 Å². The zero-order chi connectivity index (χ0) is 18.9. The molecule has 2 amide bonds. The number of nitrogens with zero attached hydrogens (tertiary/aromatic N) is 3. The van der Waals surface area contributed by atoms with Gasteiger partial charge in [0.25, 0.3) is 0 Å². The van der Waals surface area contributed by atoms with Gasteiger partial charge in [0.2, 0.25) is 11.8 Å². The summed E-state index contributed by atoms with van der Waals surface area (Å²) >= 11 is 6.10. The monoisotopic (exact) mass is 389 g/mol. The predicted octanol–water partition coefficient (Wildman–Crippen LogP) is 2.70. The summed E-state index contributed by atoms with van der Waals surface area (Å²) in [7, 11) is 0. The first kappa shape index (κ1) is 16.9. The van der Waals surface area contributed by atoms with E-state index in [9.17, 15) is 14.0 Å². The molecule has 3 aliphatic rings. The molecule has 1 aromatic carbocycles. The van der Waals surface area contributed by atoms with Gasteiger partial charge in [-0.2, -0.15) is 5.10 Å². The molecule has 27 heavy (non-hydrogen) atoms. The average Bonchev–Trinajstić information content (AvgIpc) is 3.35. The van der Waals surface area contributed by atoms with Gasteiger partial charge in [-0.05, 0) is 37.5 Å². The van der Waals surface area contributed by atoms with E-state index in [2.05, 4.69) is 5.10 Å². The van der Waals surface area contributed by atoms with E-state index >= 15 is 0 Å². The molecule has 8 heteroatoms. The van der Waals surface area contributed by atoms with Crippen LogP contribution in [-0.2, 0) is 20.9 Å². The highest BCUT2D eigenvalue weighted by Gasteiger charge is 2.63. The van der Waals surface area contributed by atoms with Gasteiger partial charge in [-0.25, -0.2) is 9.29 Å². The first-order valence-corrected chi connectivity index (χ1v) is 9.33. The Hall–Kier alpha value is -2.25. The third-order valence-electron chi connectivity index (χ3n) is 5.82. The number of carbonyl (C=O) groups is 2. The maximum atomic E-state index is 13.2. The highest BCUT2D eigenvalue weighted by molar-refractivity contribution is 6.31. The van der Waals surface area contributed by atoms with Gasteiger partial charge in [-0.15, -0.1) is 0 Å². The summed E-state index contributed by atoms with van der Waals surface area (Å²) in [5.74, 6) is -1.28. The smallest absolute Gasteiger partial charge is 0.241 e. The standard InChI is InChI=1S/C19H17ClFN3O3/c1-9-6-15(22-23(9)8-10-2-3-11(21)7-12(10)20)24-18(25)16-13-4-5-14(27-13)17(16)19(24)26/h2-3,6-7,13-14,16-17H,4-5,8H2,1H3/t13-,14-,16+,17+/m1/s1. The second kappa shape index (κ2) is 5.87. The third kappa shape index (κ3) is 2.45. The fourth-order valence-corrected chi connectivity index (χ4v) is 4.74. The number of fused-ring (bicyclic) bond motifs is 5. The summed E-state index contributed by atoms with van der Waals surface area (Å²) in [5, 5.41) is 4.77. The van der Waals surface area contributed by atoms with Gasteiger partial charge in [0.1, 0.15) is 5.82 Å². The van der Waals surface area contributed by atoms with Crippen molar-refractivity contribution in [1.82, 2.24) is 9.78 Å². The lowest BCUT2D eigenvalue weighted by Gasteiger charge is -2.15. The number of amides is 2. The Morgan fingerprint density at radius 2 is 1.85 bits per heavy atom. The summed E-state index contributed by atoms with van der Waals surface area (Å²) in [6.45, 7) is 2.16. The number of aryl methyl sites for hydroxylation is 1. The molecule has 140 valence electrons. The number of imide groups is 1. The van der Waals surface area contributed by atoms with Gasteiger partial charge in [0.05, 0.1) is 30.6 Å². The largest absolute Gasteiger partial charge is 0.373 e. The van der Waals surface area contributed by atoms with Gasteiger partial charge >= 0.3 is 0 Å². The highest BCUT2D eigenvalue weighted by Crippen LogP contribution is 2.49. The number of ether oxygens (including phenoxy) is 1. The van der Waals surface area contributed by atoms with Crippen LogP contribution in [0.25, 0.3) is 0 Å². The van der Waals surface area contributed by atoms with Crippen LogP contribution < -0.4 is 4.90 Å². The lowest BCUT2D eigenvalue weighted by Crippen LogP contribution is -2.34.